The van der Waals surface area contributed by atoms with Crippen LogP contribution in [0.5, 0.6) is 5.75 Å². The first-order valence-corrected chi connectivity index (χ1v) is 25.9. The lowest BCUT2D eigenvalue weighted by Gasteiger charge is -2.46. The fraction of sp³-hybridized carbons (Fsp3) is 0.521. The molecule has 23 heteroatoms. The molecule has 71 heavy (non-hydrogen) atoms. The molecule has 4 N–H and O–H groups in total. The van der Waals surface area contributed by atoms with Gasteiger partial charge in [0, 0.05) is 93.2 Å². The molecule has 2 aromatic carbocycles. The number of aromatic nitrogens is 1. The number of aryl methyl sites for hydroxylation is 1. The number of para-hydroxylation sites is 1. The molecule has 2 aliphatic carbocycles. The van der Waals surface area contributed by atoms with Crippen LogP contribution >= 0.6 is 23.2 Å². The van der Waals surface area contributed by atoms with Crippen LogP contribution in [0.2, 0.25) is 10.0 Å². The number of alkyl halides is 3. The molecule has 0 bridgehead atoms. The number of piperazine rings is 1. The van der Waals surface area contributed by atoms with Crippen LogP contribution in [0.25, 0.3) is 10.9 Å². The zero-order valence-electron chi connectivity index (χ0n) is 39.9. The van der Waals surface area contributed by atoms with Crippen LogP contribution in [0.15, 0.2) is 70.5 Å². The van der Waals surface area contributed by atoms with E-state index in [2.05, 4.69) is 19.5 Å². The SMILES string of the molecule is Cc1ccc2cccc(OCc3c(Cl)ccc(S(=O)(=O)NC4(N5CCN(C(=O)C(N)CCCCN(C)C)CC5)CCCC4)c3Cl)c2n1.O=C(O)C(F)(F)F.O=C1C=C(N2CC2)C(=O)C(N2CC2)=C1N1CC1. The van der Waals surface area contributed by atoms with E-state index in [1.54, 1.807) is 6.07 Å². The number of unbranched alkanes of at least 4 members (excludes halogenated alkanes) is 1. The minimum absolute atomic E-state index is 0.00546. The molecule has 1 saturated carbocycles. The van der Waals surface area contributed by atoms with E-state index >= 15 is 0 Å². The van der Waals surface area contributed by atoms with Crippen molar-refractivity contribution in [1.29, 1.82) is 0 Å². The summed E-state index contributed by atoms with van der Waals surface area (Å²) in [6.07, 6.45) is 2.12. The van der Waals surface area contributed by atoms with Gasteiger partial charge in [0.15, 0.2) is 0 Å². The number of nitrogens with one attached hydrogen (secondary N) is 1. The number of fused-ring (bicyclic) bond motifs is 1. The van der Waals surface area contributed by atoms with Gasteiger partial charge in [-0.05, 0) is 77.5 Å². The third-order valence-corrected chi connectivity index (χ3v) is 15.5. The van der Waals surface area contributed by atoms with E-state index in [0.717, 1.165) is 82.6 Å². The van der Waals surface area contributed by atoms with Crippen molar-refractivity contribution in [2.45, 2.75) is 81.3 Å². The summed E-state index contributed by atoms with van der Waals surface area (Å²) in [7, 11) is 0.00488. The Morgan fingerprint density at radius 3 is 2.11 bits per heavy atom. The van der Waals surface area contributed by atoms with Crippen molar-refractivity contribution in [3.05, 3.63) is 86.9 Å². The maximum absolute atomic E-state index is 14.0. The van der Waals surface area contributed by atoms with E-state index < -0.39 is 33.9 Å². The number of benzene rings is 2. The van der Waals surface area contributed by atoms with E-state index in [-0.39, 0.29) is 34.0 Å². The Balaban J connectivity index is 0.000000249. The number of halogens is 5. The molecule has 17 nitrogen and oxygen atoms in total. The Kier molecular flexibility index (Phi) is 17.0. The summed E-state index contributed by atoms with van der Waals surface area (Å²) in [4.78, 5) is 63.1. The van der Waals surface area contributed by atoms with Gasteiger partial charge in [-0.25, -0.2) is 18.2 Å². The Bertz CT molecular complexity index is 2680. The van der Waals surface area contributed by atoms with Crippen molar-refractivity contribution in [3.8, 4) is 5.75 Å². The predicted octanol–water partition coefficient (Wildman–Crippen LogP) is 4.99. The Hall–Kier alpha value is -5.03. The van der Waals surface area contributed by atoms with E-state index in [0.29, 0.717) is 84.4 Å². The lowest BCUT2D eigenvalue weighted by molar-refractivity contribution is -0.192. The number of hydrogen-bond donors (Lipinski definition) is 3. The molecular weight excluding hydrogens is 991 g/mol. The number of nitrogens with zero attached hydrogens (tertiary/aromatic N) is 7. The number of ether oxygens (including phenoxy) is 1. The molecule has 4 saturated heterocycles. The quantitative estimate of drug-likeness (QED) is 0.0984. The summed E-state index contributed by atoms with van der Waals surface area (Å²) in [5.41, 5.74) is 9.33. The fourth-order valence-electron chi connectivity index (χ4n) is 8.93. The largest absolute Gasteiger partial charge is 0.490 e. The van der Waals surface area contributed by atoms with E-state index in [1.807, 2.05) is 71.0 Å². The number of carbonyl (C=O) groups excluding carboxylic acids is 3. The summed E-state index contributed by atoms with van der Waals surface area (Å²) < 4.78 is 69.0. The molecule has 1 amide bonds. The van der Waals surface area contributed by atoms with Gasteiger partial charge in [0.2, 0.25) is 27.5 Å². The summed E-state index contributed by atoms with van der Waals surface area (Å²) >= 11 is 13.3. The molecule has 386 valence electrons. The van der Waals surface area contributed by atoms with Gasteiger partial charge in [0.05, 0.1) is 22.4 Å². The van der Waals surface area contributed by atoms with Crippen molar-refractivity contribution in [1.82, 2.24) is 39.1 Å². The smallest absolute Gasteiger partial charge is 0.487 e. The van der Waals surface area contributed by atoms with Crippen LogP contribution in [0.3, 0.4) is 0 Å². The number of sulfonamides is 1. The Morgan fingerprint density at radius 1 is 0.901 bits per heavy atom. The maximum Gasteiger partial charge on any atom is 0.490 e. The highest BCUT2D eigenvalue weighted by molar-refractivity contribution is 7.89. The van der Waals surface area contributed by atoms with Crippen LogP contribution in [-0.4, -0.2) is 175 Å². The van der Waals surface area contributed by atoms with Crippen LogP contribution in [0.1, 0.15) is 56.2 Å². The second-order valence-electron chi connectivity index (χ2n) is 18.7. The number of amides is 1. The van der Waals surface area contributed by atoms with Gasteiger partial charge >= 0.3 is 12.1 Å². The number of allylic oxidation sites excluding steroid dienone is 1. The molecule has 1 atom stereocenters. The van der Waals surface area contributed by atoms with Crippen molar-refractivity contribution in [2.24, 2.45) is 5.73 Å². The lowest BCUT2D eigenvalue weighted by atomic mass is 10.0. The zero-order chi connectivity index (χ0) is 51.4. The monoisotopic (exact) mass is 1050 g/mol. The third-order valence-electron chi connectivity index (χ3n) is 13.0. The van der Waals surface area contributed by atoms with Crippen LogP contribution in [0, 0.1) is 6.92 Å². The van der Waals surface area contributed by atoms with Crippen LogP contribution in [0.4, 0.5) is 13.2 Å². The summed E-state index contributed by atoms with van der Waals surface area (Å²) in [5.74, 6) is -2.19. The Morgan fingerprint density at radius 2 is 1.52 bits per heavy atom. The normalized spacial score (nSPS) is 19.3. The summed E-state index contributed by atoms with van der Waals surface area (Å²) in [6.45, 7) is 10.3. The molecule has 4 aliphatic heterocycles. The molecule has 6 aliphatic rings. The molecule has 1 unspecified atom stereocenters. The number of aliphatic carboxylic acids is 1. The zero-order valence-corrected chi connectivity index (χ0v) is 42.3. The number of Topliss-reactive ketones (excluding diaryl/α,β-unsaturated/α-hetero) is 1. The van der Waals surface area contributed by atoms with Crippen molar-refractivity contribution < 1.29 is 50.6 Å². The number of rotatable bonds is 16. The van der Waals surface area contributed by atoms with Gasteiger partial charge in [-0.2, -0.15) is 17.9 Å². The molecule has 9 rings (SSSR count). The number of carbonyl (C=O) groups is 4. The second kappa shape index (κ2) is 22.4. The second-order valence-corrected chi connectivity index (χ2v) is 21.1. The molecular formula is C48H60Cl2F3N9O8S. The summed E-state index contributed by atoms with van der Waals surface area (Å²) in [6, 6.07) is 12.0. The van der Waals surface area contributed by atoms with Gasteiger partial charge in [0.1, 0.15) is 34.2 Å². The average Bonchev–Trinajstić information content (AvgIpc) is 4.19. The number of carboxylic acid groups (broad SMARTS) is 1. The van der Waals surface area contributed by atoms with Crippen molar-refractivity contribution in [2.75, 3.05) is 86.1 Å². The molecule has 5 fully saturated rings. The standard InChI is InChI=1S/C34H46Cl2N6O4S.C12H13N3O2.C2HF3O2/c1-24-12-13-25-9-8-11-29(32(25)38-24)46-23-26-27(35)14-15-30(31(26)36)47(44,45)39-34(16-5-6-17-34)42-21-19-41(20-22-42)33(43)28(37)10-4-7-18-40(2)3;16-9-7-8(13-1-2-13)12(17)11(15-5-6-15)10(9)14-3-4-14;3-2(4,5)1(6)7/h8-9,11-15,28,39H,4-7,10,16-23,37H2,1-3H3;7H,1-6H2;(H,6,7). The topological polar surface area (TPSA) is 202 Å². The van der Waals surface area contributed by atoms with Crippen molar-refractivity contribution in [3.63, 3.8) is 0 Å². The summed E-state index contributed by atoms with van der Waals surface area (Å²) in [5, 5.41) is 8.39. The minimum Gasteiger partial charge on any atom is -0.487 e. The van der Waals surface area contributed by atoms with Gasteiger partial charge < -0.3 is 40.1 Å². The van der Waals surface area contributed by atoms with Crippen molar-refractivity contribution >= 4 is 67.6 Å². The predicted molar refractivity (Wildman–Crippen MR) is 261 cm³/mol. The minimum atomic E-state index is -5.08. The highest BCUT2D eigenvalue weighted by atomic mass is 35.5. The Labute approximate surface area is 421 Å². The highest BCUT2D eigenvalue weighted by Crippen LogP contribution is 2.39. The van der Waals surface area contributed by atoms with Gasteiger partial charge in [-0.1, -0.05) is 60.7 Å². The van der Waals surface area contributed by atoms with E-state index in [1.165, 1.54) is 12.1 Å². The third kappa shape index (κ3) is 13.3. The number of hydrogen-bond acceptors (Lipinski definition) is 14. The van der Waals surface area contributed by atoms with Gasteiger partial charge in [-0.15, -0.1) is 0 Å². The molecule has 3 aromatic rings. The average molecular weight is 1050 g/mol. The first-order valence-electron chi connectivity index (χ1n) is 23.6. The number of pyridine rings is 1. The molecule has 0 spiro atoms. The van der Waals surface area contributed by atoms with Crippen LogP contribution in [-0.2, 0) is 35.8 Å². The van der Waals surface area contributed by atoms with Crippen LogP contribution < -0.4 is 15.2 Å². The fourth-order valence-corrected chi connectivity index (χ4v) is 11.3. The van der Waals surface area contributed by atoms with Gasteiger partial charge in [0.25, 0.3) is 0 Å². The van der Waals surface area contributed by atoms with Gasteiger partial charge in [-0.3, -0.25) is 19.3 Å². The first kappa shape index (κ1) is 53.8. The highest BCUT2D eigenvalue weighted by Gasteiger charge is 2.46. The molecule has 1 aromatic heterocycles. The molecule has 0 radical (unpaired) electrons. The number of carboxylic acids is 1. The maximum atomic E-state index is 14.0. The first-order chi connectivity index (χ1) is 33.6. The lowest BCUT2D eigenvalue weighted by Crippen LogP contribution is -2.64. The van der Waals surface area contributed by atoms with E-state index in [4.69, 9.17) is 43.6 Å². The molecule has 5 heterocycles. The number of ketones is 2. The number of nitrogens with two attached hydrogens (primary N) is 1. The van der Waals surface area contributed by atoms with E-state index in [9.17, 15) is 36.0 Å².